The first-order valence-electron chi connectivity index (χ1n) is 4.89. The molecule has 0 amide bonds. The van der Waals surface area contributed by atoms with Gasteiger partial charge in [-0.3, -0.25) is 0 Å². The lowest BCUT2D eigenvalue weighted by Gasteiger charge is -2.08. The first-order chi connectivity index (χ1) is 7.89. The fraction of sp³-hybridized carbons (Fsp3) is 0.182. The summed E-state index contributed by atoms with van der Waals surface area (Å²) in [5.41, 5.74) is 0.781. The first kappa shape index (κ1) is 12.3. The van der Waals surface area contributed by atoms with E-state index in [-0.39, 0.29) is 4.90 Å². The van der Waals surface area contributed by atoms with Gasteiger partial charge in [-0.2, -0.15) is 0 Å². The second kappa shape index (κ2) is 4.27. The van der Waals surface area contributed by atoms with E-state index in [0.29, 0.717) is 4.47 Å². The van der Waals surface area contributed by atoms with E-state index in [0.717, 1.165) is 11.5 Å². The smallest absolute Gasteiger partial charge is 0.176 e. The van der Waals surface area contributed by atoms with E-state index < -0.39 is 9.84 Å². The zero-order chi connectivity index (χ0) is 12.6. The number of imidazole rings is 1. The van der Waals surface area contributed by atoms with Crippen LogP contribution in [0.15, 0.2) is 40.0 Å². The molecule has 0 saturated carbocycles. The van der Waals surface area contributed by atoms with Gasteiger partial charge >= 0.3 is 0 Å². The molecular weight excluding hydrogens is 304 g/mol. The van der Waals surface area contributed by atoms with Gasteiger partial charge in [0.25, 0.3) is 0 Å². The predicted molar refractivity (Wildman–Crippen MR) is 69.1 cm³/mol. The molecule has 1 aromatic heterocycles. The Labute approximate surface area is 108 Å². The van der Waals surface area contributed by atoms with Crippen LogP contribution in [0.5, 0.6) is 0 Å². The molecule has 0 spiro atoms. The van der Waals surface area contributed by atoms with Gasteiger partial charge in [-0.15, -0.1) is 0 Å². The van der Waals surface area contributed by atoms with Crippen molar-refractivity contribution in [1.29, 1.82) is 0 Å². The van der Waals surface area contributed by atoms with Crippen LogP contribution in [0.25, 0.3) is 5.69 Å². The standard InChI is InChI=1S/C11H11BrN2O2S/c1-8-13-5-6-14(8)9-3-4-10(12)11(7-9)17(2,15)16/h3-7H,1-2H3. The number of sulfone groups is 1. The Kier molecular flexibility index (Phi) is 3.09. The van der Waals surface area contributed by atoms with Gasteiger partial charge in [0.15, 0.2) is 9.84 Å². The molecule has 1 aromatic carbocycles. The van der Waals surface area contributed by atoms with Crippen LogP contribution in [0.4, 0.5) is 0 Å². The fourth-order valence-electron chi connectivity index (χ4n) is 1.58. The number of hydrogen-bond donors (Lipinski definition) is 0. The van der Waals surface area contributed by atoms with Crippen LogP contribution in [0.2, 0.25) is 0 Å². The lowest BCUT2D eigenvalue weighted by atomic mass is 10.3. The van der Waals surface area contributed by atoms with Gasteiger partial charge in [-0.1, -0.05) is 0 Å². The van der Waals surface area contributed by atoms with Gasteiger partial charge in [0.2, 0.25) is 0 Å². The zero-order valence-corrected chi connectivity index (χ0v) is 11.8. The highest BCUT2D eigenvalue weighted by Gasteiger charge is 2.13. The minimum Gasteiger partial charge on any atom is -0.304 e. The molecule has 1 heterocycles. The molecule has 0 radical (unpaired) electrons. The van der Waals surface area contributed by atoms with E-state index in [1.165, 1.54) is 6.26 Å². The van der Waals surface area contributed by atoms with Crippen molar-refractivity contribution in [3.63, 3.8) is 0 Å². The zero-order valence-electron chi connectivity index (χ0n) is 9.38. The molecule has 90 valence electrons. The summed E-state index contributed by atoms with van der Waals surface area (Å²) in [4.78, 5) is 4.39. The molecule has 4 nitrogen and oxygen atoms in total. The summed E-state index contributed by atoms with van der Waals surface area (Å²) in [7, 11) is -3.24. The molecular formula is C11H11BrN2O2S. The number of nitrogens with zero attached hydrogens (tertiary/aromatic N) is 2. The highest BCUT2D eigenvalue weighted by atomic mass is 79.9. The van der Waals surface area contributed by atoms with Crippen LogP contribution in [0.1, 0.15) is 5.82 Å². The number of hydrogen-bond acceptors (Lipinski definition) is 3. The number of aromatic nitrogens is 2. The molecule has 0 atom stereocenters. The number of benzene rings is 1. The van der Waals surface area contributed by atoms with Gasteiger partial charge in [0.05, 0.1) is 4.90 Å². The maximum Gasteiger partial charge on any atom is 0.176 e. The minimum atomic E-state index is -3.24. The fourth-order valence-corrected chi connectivity index (χ4v) is 3.46. The Morgan fingerprint density at radius 2 is 2.06 bits per heavy atom. The SMILES string of the molecule is Cc1nccn1-c1ccc(Br)c(S(C)(=O)=O)c1. The Morgan fingerprint density at radius 1 is 1.35 bits per heavy atom. The summed E-state index contributed by atoms with van der Waals surface area (Å²) in [5, 5.41) is 0. The molecule has 0 aliphatic carbocycles. The molecule has 17 heavy (non-hydrogen) atoms. The van der Waals surface area contributed by atoms with Crippen LogP contribution >= 0.6 is 15.9 Å². The molecule has 6 heteroatoms. The second-order valence-corrected chi connectivity index (χ2v) is 6.57. The average Bonchev–Trinajstić information content (AvgIpc) is 2.63. The summed E-state index contributed by atoms with van der Waals surface area (Å²) < 4.78 is 25.6. The lowest BCUT2D eigenvalue weighted by Crippen LogP contribution is -2.02. The summed E-state index contributed by atoms with van der Waals surface area (Å²) in [6.07, 6.45) is 4.67. The number of aryl methyl sites for hydroxylation is 1. The molecule has 0 aliphatic heterocycles. The van der Waals surface area contributed by atoms with Crippen molar-refractivity contribution in [2.45, 2.75) is 11.8 Å². The van der Waals surface area contributed by atoms with Gasteiger partial charge in [0, 0.05) is 28.8 Å². The van der Waals surface area contributed by atoms with Gasteiger partial charge < -0.3 is 4.57 Å². The van der Waals surface area contributed by atoms with Crippen LogP contribution in [0, 0.1) is 6.92 Å². The second-order valence-electron chi connectivity index (χ2n) is 3.73. The lowest BCUT2D eigenvalue weighted by molar-refractivity contribution is 0.601. The van der Waals surface area contributed by atoms with Crippen LogP contribution in [0.3, 0.4) is 0 Å². The van der Waals surface area contributed by atoms with Gasteiger partial charge in [0.1, 0.15) is 5.82 Å². The van der Waals surface area contributed by atoms with E-state index in [9.17, 15) is 8.42 Å². The minimum absolute atomic E-state index is 0.281. The third-order valence-corrected chi connectivity index (χ3v) is 4.51. The monoisotopic (exact) mass is 314 g/mol. The van der Waals surface area contributed by atoms with Crippen molar-refractivity contribution in [3.8, 4) is 5.69 Å². The molecule has 0 fully saturated rings. The summed E-state index contributed by atoms with van der Waals surface area (Å²) in [6.45, 7) is 1.86. The molecule has 2 rings (SSSR count). The van der Waals surface area contributed by atoms with Crippen LogP contribution in [-0.2, 0) is 9.84 Å². The van der Waals surface area contributed by atoms with Crippen LogP contribution < -0.4 is 0 Å². The molecule has 0 bridgehead atoms. The molecule has 2 aromatic rings. The van der Waals surface area contributed by atoms with E-state index >= 15 is 0 Å². The summed E-state index contributed by atoms with van der Waals surface area (Å²) >= 11 is 3.24. The quantitative estimate of drug-likeness (QED) is 0.855. The maximum atomic E-state index is 11.6. The normalized spacial score (nSPS) is 11.7. The maximum absolute atomic E-state index is 11.6. The summed E-state index contributed by atoms with van der Waals surface area (Å²) in [5.74, 6) is 0.812. The van der Waals surface area contributed by atoms with E-state index in [2.05, 4.69) is 20.9 Å². The molecule has 0 aliphatic rings. The average molecular weight is 315 g/mol. The van der Waals surface area contributed by atoms with E-state index in [4.69, 9.17) is 0 Å². The first-order valence-corrected chi connectivity index (χ1v) is 7.58. The van der Waals surface area contributed by atoms with Crippen molar-refractivity contribution in [1.82, 2.24) is 9.55 Å². The molecule has 0 saturated heterocycles. The van der Waals surface area contributed by atoms with Crippen molar-refractivity contribution in [2.24, 2.45) is 0 Å². The van der Waals surface area contributed by atoms with Crippen molar-refractivity contribution in [3.05, 3.63) is 40.9 Å². The topological polar surface area (TPSA) is 52.0 Å². The van der Waals surface area contributed by atoms with Gasteiger partial charge in [-0.05, 0) is 41.1 Å². The summed E-state index contributed by atoms with van der Waals surface area (Å²) in [6, 6.07) is 5.20. The highest BCUT2D eigenvalue weighted by molar-refractivity contribution is 9.10. The van der Waals surface area contributed by atoms with Crippen molar-refractivity contribution < 1.29 is 8.42 Å². The van der Waals surface area contributed by atoms with Crippen LogP contribution in [-0.4, -0.2) is 24.2 Å². The molecule has 0 unspecified atom stereocenters. The third-order valence-electron chi connectivity index (χ3n) is 2.42. The molecule has 0 N–H and O–H groups in total. The van der Waals surface area contributed by atoms with Crippen molar-refractivity contribution in [2.75, 3.05) is 6.26 Å². The van der Waals surface area contributed by atoms with E-state index in [1.54, 1.807) is 24.5 Å². The predicted octanol–water partition coefficient (Wildman–Crippen LogP) is 2.35. The van der Waals surface area contributed by atoms with Gasteiger partial charge in [-0.25, -0.2) is 13.4 Å². The Bertz CT molecular complexity index is 662. The Hall–Kier alpha value is -1.14. The number of rotatable bonds is 2. The third kappa shape index (κ3) is 2.42. The number of halogens is 1. The highest BCUT2D eigenvalue weighted by Crippen LogP contribution is 2.25. The Morgan fingerprint density at radius 3 is 2.59 bits per heavy atom. The van der Waals surface area contributed by atoms with E-state index in [1.807, 2.05) is 17.6 Å². The Balaban J connectivity index is 2.64. The largest absolute Gasteiger partial charge is 0.304 e. The van der Waals surface area contributed by atoms with Crippen molar-refractivity contribution >= 4 is 25.8 Å².